The molecule has 0 bridgehead atoms. The molecule has 4 rings (SSSR count). The largest absolute Gasteiger partial charge is 0.423 e. The number of nitrogens with zero attached hydrogens (tertiary/aromatic N) is 2. The van der Waals surface area contributed by atoms with Gasteiger partial charge in [-0.15, -0.1) is 0 Å². The number of ether oxygens (including phenoxy) is 1. The van der Waals surface area contributed by atoms with Gasteiger partial charge in [-0.3, -0.25) is 4.79 Å². The molecule has 6 nitrogen and oxygen atoms in total. The van der Waals surface area contributed by atoms with E-state index < -0.39 is 0 Å². The molecule has 6 heteroatoms. The number of anilines is 1. The van der Waals surface area contributed by atoms with Gasteiger partial charge in [-0.05, 0) is 37.8 Å². The van der Waals surface area contributed by atoms with E-state index in [9.17, 15) is 4.79 Å². The lowest BCUT2D eigenvalue weighted by molar-refractivity contribution is -0.126. The Balaban J connectivity index is 1.30. The number of amides is 1. The Morgan fingerprint density at radius 1 is 1.25 bits per heavy atom. The van der Waals surface area contributed by atoms with Gasteiger partial charge < -0.3 is 19.4 Å². The molecule has 24 heavy (non-hydrogen) atoms. The first-order valence-electron chi connectivity index (χ1n) is 8.79. The van der Waals surface area contributed by atoms with E-state index in [-0.39, 0.29) is 17.9 Å². The van der Waals surface area contributed by atoms with E-state index in [1.165, 1.54) is 0 Å². The highest BCUT2D eigenvalue weighted by atomic mass is 16.5. The summed E-state index contributed by atoms with van der Waals surface area (Å²) in [4.78, 5) is 19.0. The molecular weight excluding hydrogens is 306 g/mol. The molecule has 0 saturated carbocycles. The molecule has 1 amide bonds. The topological polar surface area (TPSA) is 67.6 Å². The van der Waals surface area contributed by atoms with Crippen LogP contribution in [0.3, 0.4) is 0 Å². The van der Waals surface area contributed by atoms with E-state index in [4.69, 9.17) is 9.15 Å². The number of rotatable bonds is 4. The van der Waals surface area contributed by atoms with Gasteiger partial charge in [-0.2, -0.15) is 4.98 Å². The van der Waals surface area contributed by atoms with Gasteiger partial charge >= 0.3 is 0 Å². The van der Waals surface area contributed by atoms with E-state index in [1.807, 2.05) is 24.3 Å². The summed E-state index contributed by atoms with van der Waals surface area (Å²) in [7, 11) is 0. The summed E-state index contributed by atoms with van der Waals surface area (Å²) in [5.41, 5.74) is 1.69. The lowest BCUT2D eigenvalue weighted by Crippen LogP contribution is -2.42. The van der Waals surface area contributed by atoms with E-state index in [0.717, 1.165) is 56.5 Å². The van der Waals surface area contributed by atoms with Crippen LogP contribution in [0.2, 0.25) is 0 Å². The van der Waals surface area contributed by atoms with Gasteiger partial charge in [-0.1, -0.05) is 12.1 Å². The van der Waals surface area contributed by atoms with Crippen molar-refractivity contribution in [3.05, 3.63) is 24.3 Å². The van der Waals surface area contributed by atoms with E-state index >= 15 is 0 Å². The lowest BCUT2D eigenvalue weighted by Gasteiger charge is -2.30. The van der Waals surface area contributed by atoms with Gasteiger partial charge in [0.15, 0.2) is 5.58 Å². The van der Waals surface area contributed by atoms with Gasteiger partial charge in [0.05, 0.1) is 6.10 Å². The minimum absolute atomic E-state index is 0.0760. The number of piperidine rings is 1. The Bertz CT molecular complexity index is 667. The number of oxazole rings is 1. The SMILES string of the molecule is O=C(NCC1CCCO1)C1CCN(c2nc3ccccc3o2)CC1. The molecule has 1 aromatic carbocycles. The van der Waals surface area contributed by atoms with E-state index in [2.05, 4.69) is 15.2 Å². The van der Waals surface area contributed by atoms with Crippen LogP contribution in [0.15, 0.2) is 28.7 Å². The molecule has 2 aliphatic heterocycles. The summed E-state index contributed by atoms with van der Waals surface area (Å²) in [6.07, 6.45) is 4.01. The smallest absolute Gasteiger partial charge is 0.298 e. The Labute approximate surface area is 141 Å². The first kappa shape index (κ1) is 15.4. The molecule has 1 aromatic heterocycles. The van der Waals surface area contributed by atoms with Crippen molar-refractivity contribution in [3.63, 3.8) is 0 Å². The third-order valence-electron chi connectivity index (χ3n) is 4.95. The number of fused-ring (bicyclic) bond motifs is 1. The molecule has 2 saturated heterocycles. The average Bonchev–Trinajstić information content (AvgIpc) is 3.29. The van der Waals surface area contributed by atoms with E-state index in [1.54, 1.807) is 0 Å². The predicted molar refractivity (Wildman–Crippen MR) is 90.9 cm³/mol. The lowest BCUT2D eigenvalue weighted by atomic mass is 9.96. The maximum absolute atomic E-state index is 12.3. The molecule has 0 aliphatic carbocycles. The molecular formula is C18H23N3O3. The van der Waals surface area contributed by atoms with Crippen molar-refractivity contribution >= 4 is 23.0 Å². The molecule has 128 valence electrons. The second-order valence-electron chi connectivity index (χ2n) is 6.61. The fraction of sp³-hybridized carbons (Fsp3) is 0.556. The van der Waals surface area contributed by atoms with Crippen molar-refractivity contribution in [2.24, 2.45) is 5.92 Å². The van der Waals surface area contributed by atoms with Gasteiger partial charge in [0.2, 0.25) is 5.91 Å². The van der Waals surface area contributed by atoms with Crippen molar-refractivity contribution in [1.82, 2.24) is 10.3 Å². The fourth-order valence-corrected chi connectivity index (χ4v) is 3.49. The molecule has 1 N–H and O–H groups in total. The normalized spacial score (nSPS) is 22.2. The molecule has 1 atom stereocenters. The molecule has 2 fully saturated rings. The number of hydrogen-bond donors (Lipinski definition) is 1. The Morgan fingerprint density at radius 3 is 2.83 bits per heavy atom. The van der Waals surface area contributed by atoms with Crippen LogP contribution in [0.5, 0.6) is 0 Å². The summed E-state index contributed by atoms with van der Waals surface area (Å²) in [5.74, 6) is 0.231. The van der Waals surface area contributed by atoms with Crippen molar-refractivity contribution in [3.8, 4) is 0 Å². The predicted octanol–water partition coefficient (Wildman–Crippen LogP) is 2.34. The number of nitrogens with one attached hydrogen (secondary N) is 1. The summed E-state index contributed by atoms with van der Waals surface area (Å²) < 4.78 is 11.4. The number of benzene rings is 1. The quantitative estimate of drug-likeness (QED) is 0.932. The molecule has 0 radical (unpaired) electrons. The Hall–Kier alpha value is -2.08. The monoisotopic (exact) mass is 329 g/mol. The van der Waals surface area contributed by atoms with E-state index in [0.29, 0.717) is 12.6 Å². The second kappa shape index (κ2) is 6.81. The van der Waals surface area contributed by atoms with Gasteiger partial charge in [-0.25, -0.2) is 0 Å². The first-order chi connectivity index (χ1) is 11.8. The van der Waals surface area contributed by atoms with Crippen LogP contribution in [-0.4, -0.2) is 43.2 Å². The van der Waals surface area contributed by atoms with Crippen LogP contribution >= 0.6 is 0 Å². The number of aromatic nitrogens is 1. The molecule has 2 aromatic rings. The third kappa shape index (κ3) is 3.24. The molecule has 2 aliphatic rings. The van der Waals surface area contributed by atoms with Crippen molar-refractivity contribution in [1.29, 1.82) is 0 Å². The van der Waals surface area contributed by atoms with Crippen LogP contribution in [0, 0.1) is 5.92 Å². The van der Waals surface area contributed by atoms with Crippen LogP contribution in [0.1, 0.15) is 25.7 Å². The minimum Gasteiger partial charge on any atom is -0.423 e. The zero-order valence-corrected chi connectivity index (χ0v) is 13.7. The number of hydrogen-bond acceptors (Lipinski definition) is 5. The summed E-state index contributed by atoms with van der Waals surface area (Å²) in [5, 5.41) is 3.05. The highest BCUT2D eigenvalue weighted by molar-refractivity contribution is 5.79. The second-order valence-corrected chi connectivity index (χ2v) is 6.61. The van der Waals surface area contributed by atoms with Gasteiger partial charge in [0.25, 0.3) is 6.01 Å². The molecule has 0 spiro atoms. The van der Waals surface area contributed by atoms with Gasteiger partial charge in [0.1, 0.15) is 5.52 Å². The third-order valence-corrected chi connectivity index (χ3v) is 4.95. The summed E-state index contributed by atoms with van der Waals surface area (Å²) >= 11 is 0. The Morgan fingerprint density at radius 2 is 2.08 bits per heavy atom. The molecule has 3 heterocycles. The number of carbonyl (C=O) groups excluding carboxylic acids is 1. The Kier molecular flexibility index (Phi) is 4.38. The number of para-hydroxylation sites is 2. The van der Waals surface area contributed by atoms with Crippen LogP contribution in [-0.2, 0) is 9.53 Å². The first-order valence-corrected chi connectivity index (χ1v) is 8.79. The zero-order valence-electron chi connectivity index (χ0n) is 13.7. The van der Waals surface area contributed by atoms with Crippen molar-refractivity contribution < 1.29 is 13.9 Å². The maximum atomic E-state index is 12.3. The highest BCUT2D eigenvalue weighted by Gasteiger charge is 2.27. The fourth-order valence-electron chi connectivity index (χ4n) is 3.49. The number of carbonyl (C=O) groups is 1. The summed E-state index contributed by atoms with van der Waals surface area (Å²) in [6, 6.07) is 8.45. The maximum Gasteiger partial charge on any atom is 0.298 e. The van der Waals surface area contributed by atoms with Gasteiger partial charge in [0, 0.05) is 32.2 Å². The highest BCUT2D eigenvalue weighted by Crippen LogP contribution is 2.26. The zero-order chi connectivity index (χ0) is 16.4. The van der Waals surface area contributed by atoms with Crippen LogP contribution < -0.4 is 10.2 Å². The standard InChI is InChI=1S/C18H23N3O3/c22-17(19-12-14-4-3-11-23-14)13-7-9-21(10-8-13)18-20-15-5-1-2-6-16(15)24-18/h1-2,5-6,13-14H,3-4,7-12H2,(H,19,22). The van der Waals surface area contributed by atoms with Crippen molar-refractivity contribution in [2.45, 2.75) is 31.8 Å². The average molecular weight is 329 g/mol. The minimum atomic E-state index is 0.0760. The molecule has 1 unspecified atom stereocenters. The summed E-state index contributed by atoms with van der Waals surface area (Å²) in [6.45, 7) is 3.06. The van der Waals surface area contributed by atoms with Crippen molar-refractivity contribution in [2.75, 3.05) is 31.1 Å². The van der Waals surface area contributed by atoms with Crippen LogP contribution in [0.4, 0.5) is 6.01 Å². The van der Waals surface area contributed by atoms with Crippen LogP contribution in [0.25, 0.3) is 11.1 Å².